The van der Waals surface area contributed by atoms with Crippen LogP contribution in [0.2, 0.25) is 0 Å². The topological polar surface area (TPSA) is 160 Å². The molecule has 1 aliphatic heterocycles. The lowest BCUT2D eigenvalue weighted by atomic mass is 10.2. The number of hydrogen-bond donors (Lipinski definition) is 2. The molecule has 3 amide bonds. The van der Waals surface area contributed by atoms with Crippen LogP contribution in [0.1, 0.15) is 42.3 Å². The van der Waals surface area contributed by atoms with Crippen molar-refractivity contribution in [2.24, 2.45) is 7.05 Å². The lowest BCUT2D eigenvalue weighted by Gasteiger charge is -2.27. The molecule has 2 aromatic heterocycles. The number of carbonyl (C=O) groups excluding carboxylic acids is 3. The van der Waals surface area contributed by atoms with Crippen molar-refractivity contribution in [1.82, 2.24) is 40.1 Å². The van der Waals surface area contributed by atoms with Gasteiger partial charge in [0.2, 0.25) is 29.9 Å². The molecule has 1 saturated heterocycles. The Morgan fingerprint density at radius 3 is 2.83 bits per heavy atom. The van der Waals surface area contributed by atoms with Gasteiger partial charge in [0, 0.05) is 20.0 Å². The fourth-order valence-electron chi connectivity index (χ4n) is 2.97. The number of carbonyl (C=O) groups is 3. The molecule has 0 bridgehead atoms. The minimum Gasteiger partial charge on any atom is -0.426 e. The van der Waals surface area contributed by atoms with E-state index in [1.165, 1.54) is 27.7 Å². The largest absolute Gasteiger partial charge is 0.426 e. The summed E-state index contributed by atoms with van der Waals surface area (Å²) in [6.07, 6.45) is 2.05. The number of hydrogen-bond acceptors (Lipinski definition) is 9. The third kappa shape index (κ3) is 4.74. The monoisotopic (exact) mass is 406 g/mol. The smallest absolute Gasteiger partial charge is 0.292 e. The second kappa shape index (κ2) is 8.77. The highest BCUT2D eigenvalue weighted by Crippen LogP contribution is 2.15. The summed E-state index contributed by atoms with van der Waals surface area (Å²) >= 11 is 0. The van der Waals surface area contributed by atoms with Gasteiger partial charge >= 0.3 is 0 Å². The van der Waals surface area contributed by atoms with Gasteiger partial charge in [-0.1, -0.05) is 0 Å². The molecule has 13 heteroatoms. The third-order valence-electron chi connectivity index (χ3n) is 4.48. The van der Waals surface area contributed by atoms with Crippen molar-refractivity contribution >= 4 is 17.7 Å². The molecule has 0 spiro atoms. The number of nitrogens with one attached hydrogen (secondary N) is 1. The average Bonchev–Trinajstić information content (AvgIpc) is 3.31. The molecule has 13 nitrogen and oxygen atoms in total. The summed E-state index contributed by atoms with van der Waals surface area (Å²) in [7, 11) is 1.60. The van der Waals surface area contributed by atoms with Gasteiger partial charge in [-0.25, -0.2) is 9.67 Å². The van der Waals surface area contributed by atoms with Gasteiger partial charge in [0.25, 0.3) is 5.91 Å². The summed E-state index contributed by atoms with van der Waals surface area (Å²) in [5, 5.41) is 23.6. The molecule has 0 aromatic carbocycles. The second-order valence-electron chi connectivity index (χ2n) is 6.68. The van der Waals surface area contributed by atoms with Gasteiger partial charge in [0.05, 0.1) is 12.8 Å². The maximum Gasteiger partial charge on any atom is 0.292 e. The Kier molecular flexibility index (Phi) is 6.16. The van der Waals surface area contributed by atoms with E-state index >= 15 is 0 Å². The average molecular weight is 406 g/mol. The van der Waals surface area contributed by atoms with Gasteiger partial charge in [-0.05, 0) is 13.3 Å². The van der Waals surface area contributed by atoms with Gasteiger partial charge in [0.15, 0.2) is 0 Å². The van der Waals surface area contributed by atoms with Gasteiger partial charge in [-0.3, -0.25) is 14.4 Å². The van der Waals surface area contributed by atoms with E-state index in [4.69, 9.17) is 4.42 Å². The highest BCUT2D eigenvalue weighted by Gasteiger charge is 2.30. The van der Waals surface area contributed by atoms with Crippen molar-refractivity contribution < 1.29 is 23.9 Å². The van der Waals surface area contributed by atoms with E-state index in [9.17, 15) is 19.5 Å². The molecule has 1 fully saturated rings. The van der Waals surface area contributed by atoms with Crippen LogP contribution < -0.4 is 5.32 Å². The number of aliphatic hydroxyl groups excluding tert-OH is 1. The molecule has 1 aliphatic rings. The molecule has 2 atom stereocenters. The van der Waals surface area contributed by atoms with Crippen molar-refractivity contribution in [2.75, 3.05) is 19.8 Å². The highest BCUT2D eigenvalue weighted by molar-refractivity contribution is 5.91. The maximum atomic E-state index is 12.7. The predicted octanol–water partition coefficient (Wildman–Crippen LogP) is -1.54. The van der Waals surface area contributed by atoms with Crippen LogP contribution in [0.5, 0.6) is 0 Å². The number of nitrogens with zero attached hydrogens (tertiary/aromatic N) is 7. The summed E-state index contributed by atoms with van der Waals surface area (Å²) in [6.45, 7) is 1.47. The Labute approximate surface area is 165 Å². The van der Waals surface area contributed by atoms with Crippen LogP contribution in [0.3, 0.4) is 0 Å². The molecular formula is C16H22N8O5. The van der Waals surface area contributed by atoms with Gasteiger partial charge < -0.3 is 24.6 Å². The lowest BCUT2D eigenvalue weighted by molar-refractivity contribution is -0.137. The minimum absolute atomic E-state index is 0.0506. The van der Waals surface area contributed by atoms with Crippen LogP contribution in [-0.4, -0.2) is 83.5 Å². The lowest BCUT2D eigenvalue weighted by Crippen LogP contribution is -2.48. The third-order valence-corrected chi connectivity index (χ3v) is 4.48. The number of rotatable bonds is 6. The van der Waals surface area contributed by atoms with Gasteiger partial charge in [-0.2, -0.15) is 5.10 Å². The maximum absolute atomic E-state index is 12.7. The number of aryl methyl sites for hydroxylation is 1. The predicted molar refractivity (Wildman–Crippen MR) is 94.7 cm³/mol. The van der Waals surface area contributed by atoms with Crippen LogP contribution in [0.4, 0.5) is 0 Å². The van der Waals surface area contributed by atoms with E-state index < -0.39 is 18.1 Å². The Morgan fingerprint density at radius 2 is 2.21 bits per heavy atom. The fourth-order valence-corrected chi connectivity index (χ4v) is 2.97. The standard InChI is InChI=1S/C16H22N8O5/c1-10(25)13(15-21-18-8-29-15)20-11(26)6-24-9-23(5-3-4-12(24)27)16(28)14-17-7-19-22(14)2/h7-8,10,13,25H,3-6,9H2,1-2H3,(H,20,26). The zero-order valence-corrected chi connectivity index (χ0v) is 16.1. The zero-order valence-electron chi connectivity index (χ0n) is 16.1. The van der Waals surface area contributed by atoms with Crippen molar-refractivity contribution in [3.05, 3.63) is 24.4 Å². The first-order valence-electron chi connectivity index (χ1n) is 9.01. The van der Waals surface area contributed by atoms with E-state index in [0.717, 1.165) is 6.39 Å². The first-order chi connectivity index (χ1) is 13.9. The van der Waals surface area contributed by atoms with Crippen molar-refractivity contribution in [3.8, 4) is 0 Å². The van der Waals surface area contributed by atoms with Crippen LogP contribution in [0, 0.1) is 0 Å². The summed E-state index contributed by atoms with van der Waals surface area (Å²) < 4.78 is 6.40. The van der Waals surface area contributed by atoms with Crippen LogP contribution in [0.15, 0.2) is 17.1 Å². The first kappa shape index (κ1) is 20.4. The molecule has 156 valence electrons. The van der Waals surface area contributed by atoms with Crippen molar-refractivity contribution in [3.63, 3.8) is 0 Å². The Hall–Kier alpha value is -3.35. The van der Waals surface area contributed by atoms with E-state index in [0.29, 0.717) is 13.0 Å². The van der Waals surface area contributed by atoms with Crippen LogP contribution >= 0.6 is 0 Å². The molecule has 3 heterocycles. The number of aliphatic hydroxyl groups is 1. The molecule has 3 rings (SSSR count). The molecule has 2 unspecified atom stereocenters. The summed E-state index contributed by atoms with van der Waals surface area (Å²) in [5.41, 5.74) is 0. The molecule has 0 aliphatic carbocycles. The summed E-state index contributed by atoms with van der Waals surface area (Å²) in [4.78, 5) is 44.3. The minimum atomic E-state index is -0.992. The number of aromatic nitrogens is 5. The molecule has 2 aromatic rings. The van der Waals surface area contributed by atoms with Crippen LogP contribution in [-0.2, 0) is 16.6 Å². The van der Waals surface area contributed by atoms with Gasteiger partial charge in [0.1, 0.15) is 18.9 Å². The van der Waals surface area contributed by atoms with Crippen molar-refractivity contribution in [2.45, 2.75) is 31.9 Å². The van der Waals surface area contributed by atoms with Crippen molar-refractivity contribution in [1.29, 1.82) is 0 Å². The van der Waals surface area contributed by atoms with Gasteiger partial charge in [-0.15, -0.1) is 10.2 Å². The Balaban J connectivity index is 1.67. The molecule has 2 N–H and O–H groups in total. The zero-order chi connectivity index (χ0) is 21.0. The van der Waals surface area contributed by atoms with E-state index in [1.807, 2.05) is 0 Å². The highest BCUT2D eigenvalue weighted by atomic mass is 16.4. The molecule has 29 heavy (non-hydrogen) atoms. The summed E-state index contributed by atoms with van der Waals surface area (Å²) in [6, 6.07) is -0.913. The molecule has 0 saturated carbocycles. The normalized spacial score (nSPS) is 17.0. The van der Waals surface area contributed by atoms with E-state index in [2.05, 4.69) is 25.6 Å². The Bertz CT molecular complexity index is 865. The van der Waals surface area contributed by atoms with Crippen LogP contribution in [0.25, 0.3) is 0 Å². The molecule has 0 radical (unpaired) electrons. The summed E-state index contributed by atoms with van der Waals surface area (Å²) in [5.74, 6) is -0.961. The first-order valence-corrected chi connectivity index (χ1v) is 9.01. The van der Waals surface area contributed by atoms with E-state index in [-0.39, 0.29) is 43.2 Å². The second-order valence-corrected chi connectivity index (χ2v) is 6.68. The van der Waals surface area contributed by atoms with E-state index in [1.54, 1.807) is 7.05 Å². The fraction of sp³-hybridized carbons (Fsp3) is 0.562. The SMILES string of the molecule is CC(O)C(NC(=O)CN1CN(C(=O)c2ncnn2C)CCCC1=O)c1nnco1. The molecular weight excluding hydrogens is 384 g/mol. The quantitative estimate of drug-likeness (QED) is 0.579. The Morgan fingerprint density at radius 1 is 1.41 bits per heavy atom. The number of amides is 3.